The molecule has 1 aliphatic rings. The van der Waals surface area contributed by atoms with Gasteiger partial charge < -0.3 is 0 Å². The van der Waals surface area contributed by atoms with Crippen LogP contribution >= 0.6 is 0 Å². The van der Waals surface area contributed by atoms with Crippen LogP contribution in [0.5, 0.6) is 0 Å². The average Bonchev–Trinajstić information content (AvgIpc) is 2.18. The zero-order valence-electron chi connectivity index (χ0n) is 9.73. The highest BCUT2D eigenvalue weighted by Crippen LogP contribution is 2.27. The van der Waals surface area contributed by atoms with Crippen LogP contribution in [0.2, 0.25) is 0 Å². The van der Waals surface area contributed by atoms with E-state index in [1.165, 1.54) is 18.6 Å². The predicted octanol–water partition coefficient (Wildman–Crippen LogP) is 2.72. The van der Waals surface area contributed by atoms with Gasteiger partial charge in [0.25, 0.3) is 0 Å². The number of benzene rings is 1. The molecule has 1 fully saturated rings. The molecule has 0 bridgehead atoms. The van der Waals surface area contributed by atoms with Crippen LogP contribution in [0.1, 0.15) is 24.8 Å². The van der Waals surface area contributed by atoms with Crippen LogP contribution in [0.25, 0.3) is 0 Å². The molecule has 1 aromatic rings. The molecule has 0 N–H and O–H groups in total. The molecule has 0 amide bonds. The van der Waals surface area contributed by atoms with Crippen LogP contribution in [-0.2, 0) is 6.54 Å². The molecule has 0 radical (unpaired) electrons. The minimum Gasteiger partial charge on any atom is -0.299 e. The number of rotatable bonds is 4. The van der Waals surface area contributed by atoms with E-state index in [1.54, 1.807) is 6.07 Å². The monoisotopic (exact) mass is 238 g/mol. The summed E-state index contributed by atoms with van der Waals surface area (Å²) in [7, 11) is 1.93. The van der Waals surface area contributed by atoms with E-state index in [-0.39, 0.29) is 0 Å². The molecule has 0 spiro atoms. The molecule has 1 saturated carbocycles. The van der Waals surface area contributed by atoms with Crippen LogP contribution in [0, 0.1) is 15.9 Å². The van der Waals surface area contributed by atoms with Gasteiger partial charge in [0.05, 0.1) is 4.92 Å². The quantitative estimate of drug-likeness (QED) is 0.598. The third kappa shape index (κ3) is 2.44. The van der Waals surface area contributed by atoms with E-state index in [1.807, 2.05) is 7.05 Å². The second-order valence-electron chi connectivity index (χ2n) is 4.51. The summed E-state index contributed by atoms with van der Waals surface area (Å²) in [5.41, 5.74) is -0.0434. The van der Waals surface area contributed by atoms with Gasteiger partial charge >= 0.3 is 5.69 Å². The van der Waals surface area contributed by atoms with Crippen LogP contribution in [0.4, 0.5) is 10.1 Å². The van der Waals surface area contributed by atoms with Gasteiger partial charge in [0.1, 0.15) is 0 Å². The highest BCUT2D eigenvalue weighted by atomic mass is 19.1. The smallest absolute Gasteiger partial charge is 0.299 e. The second-order valence-corrected chi connectivity index (χ2v) is 4.51. The fourth-order valence-corrected chi connectivity index (χ4v) is 2.05. The van der Waals surface area contributed by atoms with Gasteiger partial charge in [-0.2, -0.15) is 4.39 Å². The van der Waals surface area contributed by atoms with E-state index in [0.717, 1.165) is 12.8 Å². The van der Waals surface area contributed by atoms with Gasteiger partial charge in [0.15, 0.2) is 0 Å². The molecule has 0 aromatic heterocycles. The molecule has 1 aliphatic carbocycles. The van der Waals surface area contributed by atoms with Crippen LogP contribution in [0.3, 0.4) is 0 Å². The van der Waals surface area contributed by atoms with Crippen LogP contribution in [0.15, 0.2) is 18.2 Å². The Morgan fingerprint density at radius 2 is 2.24 bits per heavy atom. The summed E-state index contributed by atoms with van der Waals surface area (Å²) >= 11 is 0. The minimum atomic E-state index is -0.705. The molecule has 0 heterocycles. The van der Waals surface area contributed by atoms with Crippen molar-refractivity contribution in [2.75, 3.05) is 7.05 Å². The normalized spacial score (nSPS) is 15.9. The van der Waals surface area contributed by atoms with E-state index in [0.29, 0.717) is 18.2 Å². The topological polar surface area (TPSA) is 46.4 Å². The van der Waals surface area contributed by atoms with Gasteiger partial charge in [-0.3, -0.25) is 15.0 Å². The number of hydrogen-bond donors (Lipinski definition) is 0. The van der Waals surface area contributed by atoms with Crippen LogP contribution < -0.4 is 0 Å². The van der Waals surface area contributed by atoms with Crippen molar-refractivity contribution in [3.63, 3.8) is 0 Å². The summed E-state index contributed by atoms with van der Waals surface area (Å²) in [5, 5.41) is 10.6. The number of nitrogens with zero attached hydrogens (tertiary/aromatic N) is 2. The lowest BCUT2D eigenvalue weighted by Crippen LogP contribution is -2.36. The molecule has 17 heavy (non-hydrogen) atoms. The minimum absolute atomic E-state index is 0.397. The van der Waals surface area contributed by atoms with E-state index in [4.69, 9.17) is 0 Å². The zero-order valence-corrected chi connectivity index (χ0v) is 9.73. The van der Waals surface area contributed by atoms with E-state index in [2.05, 4.69) is 4.90 Å². The van der Waals surface area contributed by atoms with Gasteiger partial charge in [-0.05, 0) is 19.9 Å². The van der Waals surface area contributed by atoms with Crippen molar-refractivity contribution in [1.29, 1.82) is 0 Å². The maximum atomic E-state index is 13.8. The fourth-order valence-electron chi connectivity index (χ4n) is 2.05. The third-order valence-electron chi connectivity index (χ3n) is 3.37. The van der Waals surface area contributed by atoms with Crippen molar-refractivity contribution in [3.8, 4) is 0 Å². The van der Waals surface area contributed by atoms with E-state index >= 15 is 0 Å². The molecule has 2 rings (SSSR count). The summed E-state index contributed by atoms with van der Waals surface area (Å²) in [6.45, 7) is 0.429. The molecule has 0 unspecified atom stereocenters. The summed E-state index contributed by atoms with van der Waals surface area (Å²) < 4.78 is 13.8. The predicted molar refractivity (Wildman–Crippen MR) is 62.2 cm³/mol. The number of halogens is 1. The van der Waals surface area contributed by atoms with E-state index < -0.39 is 16.4 Å². The lowest BCUT2D eigenvalue weighted by atomic mass is 9.91. The highest BCUT2D eigenvalue weighted by Gasteiger charge is 2.24. The largest absolute Gasteiger partial charge is 0.305 e. The molecule has 0 atom stereocenters. The molecule has 0 saturated heterocycles. The molecular formula is C12H15FN2O2. The van der Waals surface area contributed by atoms with Gasteiger partial charge in [0, 0.05) is 24.2 Å². The number of nitro groups is 1. The standard InChI is InChI=1S/C12H15FN2O2/c1-14(10-5-3-6-10)8-9-4-2-7-11(12(9)13)15(16)17/h2,4,7,10H,3,5-6,8H2,1H3. The average molecular weight is 238 g/mol. The van der Waals surface area contributed by atoms with Crippen molar-refractivity contribution in [1.82, 2.24) is 4.90 Å². The lowest BCUT2D eigenvalue weighted by Gasteiger charge is -2.34. The summed E-state index contributed by atoms with van der Waals surface area (Å²) in [6, 6.07) is 4.83. The lowest BCUT2D eigenvalue weighted by molar-refractivity contribution is -0.387. The summed E-state index contributed by atoms with van der Waals surface area (Å²) in [5.74, 6) is -0.705. The molecule has 92 valence electrons. The summed E-state index contributed by atoms with van der Waals surface area (Å²) in [4.78, 5) is 12.0. The Morgan fingerprint density at radius 3 is 2.76 bits per heavy atom. The van der Waals surface area contributed by atoms with Gasteiger partial charge in [-0.15, -0.1) is 0 Å². The van der Waals surface area contributed by atoms with Crippen molar-refractivity contribution in [3.05, 3.63) is 39.7 Å². The third-order valence-corrected chi connectivity index (χ3v) is 3.37. The molecule has 0 aliphatic heterocycles. The summed E-state index contributed by atoms with van der Waals surface area (Å²) in [6.07, 6.45) is 3.48. The maximum Gasteiger partial charge on any atom is 0.305 e. The number of hydrogen-bond acceptors (Lipinski definition) is 3. The SMILES string of the molecule is CN(Cc1cccc([N+](=O)[O-])c1F)C1CCC1. The molecule has 1 aromatic carbocycles. The van der Waals surface area contributed by atoms with Crippen molar-refractivity contribution in [2.24, 2.45) is 0 Å². The first kappa shape index (κ1) is 12.0. The first-order valence-electron chi connectivity index (χ1n) is 5.71. The Kier molecular flexibility index (Phi) is 3.38. The molecule has 5 heteroatoms. The van der Waals surface area contributed by atoms with Gasteiger partial charge in [-0.25, -0.2) is 0 Å². The fraction of sp³-hybridized carbons (Fsp3) is 0.500. The highest BCUT2D eigenvalue weighted by molar-refractivity contribution is 5.36. The second kappa shape index (κ2) is 4.79. The molecule has 4 nitrogen and oxygen atoms in total. The van der Waals surface area contributed by atoms with Gasteiger partial charge in [0.2, 0.25) is 5.82 Å². The van der Waals surface area contributed by atoms with Gasteiger partial charge in [-0.1, -0.05) is 18.6 Å². The molecular weight excluding hydrogens is 223 g/mol. The Hall–Kier alpha value is -1.49. The Bertz CT molecular complexity index is 433. The number of nitro benzene ring substituents is 1. The maximum absolute atomic E-state index is 13.8. The zero-order chi connectivity index (χ0) is 12.4. The first-order valence-corrected chi connectivity index (χ1v) is 5.71. The Balaban J connectivity index is 2.15. The Labute approximate surface area is 99.2 Å². The van der Waals surface area contributed by atoms with Crippen molar-refractivity contribution < 1.29 is 9.31 Å². The van der Waals surface area contributed by atoms with E-state index in [9.17, 15) is 14.5 Å². The van der Waals surface area contributed by atoms with Crippen molar-refractivity contribution >= 4 is 5.69 Å². The van der Waals surface area contributed by atoms with Crippen molar-refractivity contribution in [2.45, 2.75) is 31.8 Å². The Morgan fingerprint density at radius 1 is 1.53 bits per heavy atom. The first-order chi connectivity index (χ1) is 8.09. The van der Waals surface area contributed by atoms with Crippen LogP contribution in [-0.4, -0.2) is 22.9 Å².